The lowest BCUT2D eigenvalue weighted by molar-refractivity contribution is -0.224. The predicted octanol–water partition coefficient (Wildman–Crippen LogP) is 2.41. The summed E-state index contributed by atoms with van der Waals surface area (Å²) in [6, 6.07) is 0. The second-order valence-corrected chi connectivity index (χ2v) is 10.5. The van der Waals surface area contributed by atoms with E-state index in [9.17, 15) is 24.6 Å². The summed E-state index contributed by atoms with van der Waals surface area (Å²) in [5.74, 6) is -3.98. The number of allylic oxidation sites excluding steroid dienone is 4. The predicted molar refractivity (Wildman–Crippen MR) is 110 cm³/mol. The van der Waals surface area contributed by atoms with Crippen molar-refractivity contribution in [1.82, 2.24) is 0 Å². The fourth-order valence-electron chi connectivity index (χ4n) is 7.41. The zero-order valence-corrected chi connectivity index (χ0v) is 18.7. The minimum atomic E-state index is -2.27. The first kappa shape index (κ1) is 23.2. The van der Waals surface area contributed by atoms with Crippen LogP contribution in [0.25, 0.3) is 0 Å². The highest BCUT2D eigenvalue weighted by Gasteiger charge is 2.76. The highest BCUT2D eigenvalue weighted by Crippen LogP contribution is 2.70. The van der Waals surface area contributed by atoms with Gasteiger partial charge in [-0.15, -0.1) is 0 Å². The van der Waals surface area contributed by atoms with Crippen molar-refractivity contribution in [2.75, 3.05) is 6.61 Å². The molecule has 8 heteroatoms. The Morgan fingerprint density at radius 1 is 1.25 bits per heavy atom. The van der Waals surface area contributed by atoms with Crippen LogP contribution < -0.4 is 0 Å². The molecular formula is C24H30F2O6. The van der Waals surface area contributed by atoms with Crippen molar-refractivity contribution in [3.8, 4) is 0 Å². The average Bonchev–Trinajstić information content (AvgIpc) is 2.91. The van der Waals surface area contributed by atoms with E-state index in [2.05, 4.69) is 0 Å². The van der Waals surface area contributed by atoms with Crippen molar-refractivity contribution in [2.45, 2.75) is 70.5 Å². The smallest absolute Gasteiger partial charge is 0.303 e. The zero-order valence-electron chi connectivity index (χ0n) is 18.7. The Morgan fingerprint density at radius 3 is 2.53 bits per heavy atom. The number of aliphatic hydroxyl groups excluding tert-OH is 1. The maximum Gasteiger partial charge on any atom is 0.303 e. The fourth-order valence-corrected chi connectivity index (χ4v) is 7.41. The molecule has 3 saturated carbocycles. The van der Waals surface area contributed by atoms with E-state index in [4.69, 9.17) is 4.74 Å². The molecule has 0 heterocycles. The number of aliphatic hydroxyl groups is 2. The number of carbonyl (C=O) groups is 3. The Hall–Kier alpha value is -1.93. The summed E-state index contributed by atoms with van der Waals surface area (Å²) in [6.07, 6.45) is 0.271. The summed E-state index contributed by atoms with van der Waals surface area (Å²) in [5.41, 5.74) is -6.97. The Balaban J connectivity index is 1.79. The van der Waals surface area contributed by atoms with Gasteiger partial charge in [0.2, 0.25) is 5.78 Å². The van der Waals surface area contributed by atoms with E-state index in [1.54, 1.807) is 13.8 Å². The molecule has 0 saturated heterocycles. The van der Waals surface area contributed by atoms with Gasteiger partial charge in [-0.2, -0.15) is 0 Å². The van der Waals surface area contributed by atoms with Gasteiger partial charge in [-0.1, -0.05) is 19.9 Å². The number of carbonyl (C=O) groups excluding carboxylic acids is 3. The van der Waals surface area contributed by atoms with Gasteiger partial charge in [0, 0.05) is 23.7 Å². The molecule has 0 spiro atoms. The van der Waals surface area contributed by atoms with Crippen LogP contribution in [0, 0.1) is 28.6 Å². The zero-order chi connectivity index (χ0) is 23.9. The van der Waals surface area contributed by atoms with Gasteiger partial charge in [0.25, 0.3) is 0 Å². The number of rotatable bonds is 3. The van der Waals surface area contributed by atoms with Crippen LogP contribution in [0.5, 0.6) is 0 Å². The van der Waals surface area contributed by atoms with Crippen molar-refractivity contribution < 1.29 is 38.1 Å². The number of fused-ring (bicyclic) bond motifs is 5. The van der Waals surface area contributed by atoms with Crippen LogP contribution in [-0.4, -0.2) is 57.9 Å². The van der Waals surface area contributed by atoms with E-state index in [1.807, 2.05) is 0 Å². The first-order valence-corrected chi connectivity index (χ1v) is 11.1. The van der Waals surface area contributed by atoms with E-state index >= 15 is 8.78 Å². The van der Waals surface area contributed by atoms with Gasteiger partial charge < -0.3 is 14.9 Å². The number of ketones is 2. The van der Waals surface area contributed by atoms with Gasteiger partial charge >= 0.3 is 5.97 Å². The molecule has 2 N–H and O–H groups in total. The third-order valence-electron chi connectivity index (χ3n) is 9.04. The molecule has 0 aliphatic heterocycles. The number of Topliss-reactive ketones (excluding diaryl/α,β-unsaturated/α-hetero) is 1. The van der Waals surface area contributed by atoms with Crippen molar-refractivity contribution >= 4 is 17.5 Å². The third-order valence-corrected chi connectivity index (χ3v) is 9.04. The maximum absolute atomic E-state index is 17.0. The number of alkyl halides is 2. The van der Waals surface area contributed by atoms with Gasteiger partial charge in [-0.05, 0) is 55.7 Å². The molecule has 3 fully saturated rings. The third kappa shape index (κ3) is 2.65. The Bertz CT molecular complexity index is 945. The van der Waals surface area contributed by atoms with Crippen molar-refractivity contribution in [3.63, 3.8) is 0 Å². The second kappa shape index (κ2) is 7.03. The molecule has 6 nitrogen and oxygen atoms in total. The topological polar surface area (TPSA) is 101 Å². The normalized spacial score (nSPS) is 49.6. The molecule has 0 aromatic heterocycles. The summed E-state index contributed by atoms with van der Waals surface area (Å²) in [7, 11) is 0. The lowest BCUT2D eigenvalue weighted by Gasteiger charge is -2.63. The van der Waals surface area contributed by atoms with Gasteiger partial charge in [0.1, 0.15) is 11.8 Å². The molecule has 0 radical (unpaired) electrons. The van der Waals surface area contributed by atoms with Crippen molar-refractivity contribution in [2.24, 2.45) is 28.6 Å². The number of hydrogen-bond acceptors (Lipinski definition) is 6. The van der Waals surface area contributed by atoms with E-state index < -0.39 is 76.3 Å². The molecular weight excluding hydrogens is 422 g/mol. The van der Waals surface area contributed by atoms with Gasteiger partial charge in [0.15, 0.2) is 18.1 Å². The van der Waals surface area contributed by atoms with Crippen LogP contribution in [0.15, 0.2) is 23.8 Å². The highest BCUT2D eigenvalue weighted by atomic mass is 19.1. The SMILES string of the molecule is CC(=O)OCC(=O)C1(O)C(C)CC2C3CC(F)C4=CC(=O)C=CC4(C)C3(F)C(O)CC21C. The van der Waals surface area contributed by atoms with Crippen LogP contribution in [0.2, 0.25) is 0 Å². The first-order valence-electron chi connectivity index (χ1n) is 11.1. The Morgan fingerprint density at radius 2 is 1.91 bits per heavy atom. The largest absolute Gasteiger partial charge is 0.458 e. The molecule has 9 unspecified atom stereocenters. The quantitative estimate of drug-likeness (QED) is 0.638. The van der Waals surface area contributed by atoms with Crippen LogP contribution in [0.1, 0.15) is 47.0 Å². The summed E-state index contributed by atoms with van der Waals surface area (Å²) in [6.45, 7) is 5.34. The molecule has 4 aliphatic carbocycles. The van der Waals surface area contributed by atoms with Crippen LogP contribution in [-0.2, 0) is 19.1 Å². The van der Waals surface area contributed by atoms with E-state index in [-0.39, 0.29) is 24.8 Å². The number of hydrogen-bond donors (Lipinski definition) is 2. The van der Waals surface area contributed by atoms with E-state index in [0.29, 0.717) is 0 Å². The standard InChI is InChI=1S/C24H30F2O6/c1-12-7-15-16-9-18(25)17-8-14(28)5-6-21(17,3)23(16,26)19(29)10-22(15,4)24(12,31)20(30)11-32-13(2)27/h5-6,8,12,15-16,18-19,29,31H,7,9-11H2,1-4H3. The molecule has 0 bridgehead atoms. The average molecular weight is 452 g/mol. The monoisotopic (exact) mass is 452 g/mol. The van der Waals surface area contributed by atoms with Gasteiger partial charge in [0.05, 0.1) is 6.10 Å². The molecule has 4 aliphatic rings. The highest BCUT2D eigenvalue weighted by molar-refractivity contribution is 6.01. The molecule has 0 aromatic carbocycles. The number of halogens is 2. The molecule has 32 heavy (non-hydrogen) atoms. The number of ether oxygens (including phenoxy) is 1. The summed E-state index contributed by atoms with van der Waals surface area (Å²) in [4.78, 5) is 36.1. The summed E-state index contributed by atoms with van der Waals surface area (Å²) >= 11 is 0. The lowest BCUT2D eigenvalue weighted by Crippen LogP contribution is -2.70. The van der Waals surface area contributed by atoms with Gasteiger partial charge in [-0.3, -0.25) is 14.4 Å². The van der Waals surface area contributed by atoms with Crippen LogP contribution >= 0.6 is 0 Å². The summed E-state index contributed by atoms with van der Waals surface area (Å²) in [5, 5.41) is 22.8. The minimum Gasteiger partial charge on any atom is -0.458 e. The lowest BCUT2D eigenvalue weighted by atomic mass is 9.44. The van der Waals surface area contributed by atoms with Crippen molar-refractivity contribution in [3.05, 3.63) is 23.8 Å². The molecule has 0 aromatic rings. The summed E-state index contributed by atoms with van der Waals surface area (Å²) < 4.78 is 37.2. The molecule has 176 valence electrons. The van der Waals surface area contributed by atoms with E-state index in [1.165, 1.54) is 19.1 Å². The molecule has 9 atom stereocenters. The van der Waals surface area contributed by atoms with Crippen molar-refractivity contribution in [1.29, 1.82) is 0 Å². The Kier molecular flexibility index (Phi) is 5.11. The maximum atomic E-state index is 17.0. The van der Waals surface area contributed by atoms with Crippen LogP contribution in [0.3, 0.4) is 0 Å². The van der Waals surface area contributed by atoms with Crippen LogP contribution in [0.4, 0.5) is 8.78 Å². The van der Waals surface area contributed by atoms with Gasteiger partial charge in [-0.25, -0.2) is 8.78 Å². The van der Waals surface area contributed by atoms with E-state index in [0.717, 1.165) is 13.0 Å². The minimum absolute atomic E-state index is 0.0265. The number of esters is 1. The second-order valence-electron chi connectivity index (χ2n) is 10.5. The Labute approximate surface area is 185 Å². The molecule has 4 rings (SSSR count). The molecule has 0 amide bonds. The fraction of sp³-hybridized carbons (Fsp3) is 0.708. The first-order chi connectivity index (χ1) is 14.7.